The number of hydrogen-bond acceptors (Lipinski definition) is 2. The summed E-state index contributed by atoms with van der Waals surface area (Å²) < 4.78 is 0. The van der Waals surface area contributed by atoms with Crippen LogP contribution in [0.4, 0.5) is 0 Å². The largest absolute Gasteiger partial charge is 0.310 e. The zero-order valence-electron chi connectivity index (χ0n) is 8.68. The van der Waals surface area contributed by atoms with E-state index in [-0.39, 0.29) is 5.54 Å². The van der Waals surface area contributed by atoms with Crippen LogP contribution in [-0.2, 0) is 4.79 Å². The minimum atomic E-state index is 0.181. The Labute approximate surface area is 75.7 Å². The average molecular weight is 171 g/mol. The minimum Gasteiger partial charge on any atom is -0.310 e. The van der Waals surface area contributed by atoms with Crippen molar-refractivity contribution in [2.75, 3.05) is 0 Å². The number of rotatable bonds is 5. The normalized spacial score (nSPS) is 14.3. The Hall–Kier alpha value is -0.370. The number of carbonyl (C=O) groups excluding carboxylic acids is 1. The Kier molecular flexibility index (Phi) is 5.14. The van der Waals surface area contributed by atoms with Crippen molar-refractivity contribution in [1.29, 1.82) is 0 Å². The van der Waals surface area contributed by atoms with Crippen LogP contribution in [0, 0.1) is 0 Å². The van der Waals surface area contributed by atoms with Crippen molar-refractivity contribution in [3.63, 3.8) is 0 Å². The lowest BCUT2D eigenvalue weighted by Crippen LogP contribution is -2.42. The van der Waals surface area contributed by atoms with Crippen LogP contribution >= 0.6 is 0 Å². The maximum Gasteiger partial charge on any atom is 0.119 e. The van der Waals surface area contributed by atoms with Gasteiger partial charge in [-0.25, -0.2) is 0 Å². The first-order chi connectivity index (χ1) is 5.45. The fourth-order valence-corrected chi connectivity index (χ4v) is 1.32. The van der Waals surface area contributed by atoms with Gasteiger partial charge in [-0.1, -0.05) is 0 Å². The van der Waals surface area contributed by atoms with Gasteiger partial charge in [0.2, 0.25) is 0 Å². The average Bonchev–Trinajstić information content (AvgIpc) is 1.84. The number of carbonyl (C=O) groups is 1. The summed E-state index contributed by atoms with van der Waals surface area (Å²) in [6.07, 6.45) is 3.75. The fraction of sp³-hybridized carbons (Fsp3) is 0.900. The molecule has 0 saturated carbocycles. The van der Waals surface area contributed by atoms with Crippen molar-refractivity contribution in [3.8, 4) is 0 Å². The molecule has 2 nitrogen and oxygen atoms in total. The predicted octanol–water partition coefficient (Wildman–Crippen LogP) is 2.13. The lowest BCUT2D eigenvalue weighted by atomic mass is 10.0. The van der Waals surface area contributed by atoms with Crippen LogP contribution in [0.3, 0.4) is 0 Å². The van der Waals surface area contributed by atoms with Gasteiger partial charge >= 0.3 is 0 Å². The zero-order valence-corrected chi connectivity index (χ0v) is 8.68. The first-order valence-electron chi connectivity index (χ1n) is 4.67. The molecule has 0 aliphatic heterocycles. The highest BCUT2D eigenvalue weighted by Gasteiger charge is 2.12. The van der Waals surface area contributed by atoms with Crippen molar-refractivity contribution in [2.24, 2.45) is 0 Å². The molecule has 1 atom stereocenters. The van der Waals surface area contributed by atoms with E-state index < -0.39 is 0 Å². The highest BCUT2D eigenvalue weighted by atomic mass is 16.1. The number of nitrogens with one attached hydrogen (secondary N) is 1. The quantitative estimate of drug-likeness (QED) is 0.507. The van der Waals surface area contributed by atoms with Crippen LogP contribution in [0.1, 0.15) is 47.0 Å². The van der Waals surface area contributed by atoms with Gasteiger partial charge in [0.05, 0.1) is 0 Å². The van der Waals surface area contributed by atoms with Crippen molar-refractivity contribution in [2.45, 2.75) is 58.5 Å². The van der Waals surface area contributed by atoms with E-state index in [1.807, 2.05) is 0 Å². The van der Waals surface area contributed by atoms with Gasteiger partial charge in [0, 0.05) is 18.0 Å². The van der Waals surface area contributed by atoms with Gasteiger partial charge in [0.15, 0.2) is 0 Å². The third kappa shape index (κ3) is 7.73. The third-order valence-corrected chi connectivity index (χ3v) is 1.64. The summed E-state index contributed by atoms with van der Waals surface area (Å²) in [5.74, 6) is 0. The second kappa shape index (κ2) is 5.31. The Morgan fingerprint density at radius 3 is 2.42 bits per heavy atom. The van der Waals surface area contributed by atoms with E-state index in [2.05, 4.69) is 33.0 Å². The van der Waals surface area contributed by atoms with Gasteiger partial charge < -0.3 is 10.1 Å². The summed E-state index contributed by atoms with van der Waals surface area (Å²) in [7, 11) is 0. The van der Waals surface area contributed by atoms with E-state index in [0.29, 0.717) is 12.5 Å². The molecule has 0 fully saturated rings. The summed E-state index contributed by atoms with van der Waals surface area (Å²) >= 11 is 0. The third-order valence-electron chi connectivity index (χ3n) is 1.64. The molecular formula is C10H21NO. The van der Waals surface area contributed by atoms with Crippen LogP contribution in [0.5, 0.6) is 0 Å². The van der Waals surface area contributed by atoms with Crippen molar-refractivity contribution >= 4 is 6.29 Å². The highest BCUT2D eigenvalue weighted by molar-refractivity contribution is 5.48. The van der Waals surface area contributed by atoms with Gasteiger partial charge in [-0.3, -0.25) is 0 Å². The fourth-order valence-electron chi connectivity index (χ4n) is 1.32. The molecule has 1 unspecified atom stereocenters. The molecule has 12 heavy (non-hydrogen) atoms. The molecule has 0 aliphatic carbocycles. The van der Waals surface area contributed by atoms with Crippen LogP contribution in [0.25, 0.3) is 0 Å². The zero-order chi connectivity index (χ0) is 9.61. The summed E-state index contributed by atoms with van der Waals surface area (Å²) in [6, 6.07) is 0.505. The summed E-state index contributed by atoms with van der Waals surface area (Å²) in [5.41, 5.74) is 0.181. The topological polar surface area (TPSA) is 29.1 Å². The second-order valence-electron chi connectivity index (χ2n) is 4.39. The van der Waals surface area contributed by atoms with E-state index in [4.69, 9.17) is 0 Å². The van der Waals surface area contributed by atoms with E-state index >= 15 is 0 Å². The van der Waals surface area contributed by atoms with E-state index in [1.165, 1.54) is 0 Å². The van der Waals surface area contributed by atoms with Crippen molar-refractivity contribution < 1.29 is 4.79 Å². The summed E-state index contributed by atoms with van der Waals surface area (Å²) in [5, 5.41) is 3.46. The predicted molar refractivity (Wildman–Crippen MR) is 52.3 cm³/mol. The Morgan fingerprint density at radius 2 is 2.00 bits per heavy atom. The van der Waals surface area contributed by atoms with E-state index in [9.17, 15) is 4.79 Å². The van der Waals surface area contributed by atoms with Gasteiger partial charge in [-0.2, -0.15) is 0 Å². The molecule has 0 aromatic carbocycles. The molecule has 1 N–H and O–H groups in total. The van der Waals surface area contributed by atoms with Crippen molar-refractivity contribution in [1.82, 2.24) is 5.32 Å². The Balaban J connectivity index is 3.46. The van der Waals surface area contributed by atoms with Gasteiger partial charge in [0.1, 0.15) is 6.29 Å². The van der Waals surface area contributed by atoms with Crippen LogP contribution in [-0.4, -0.2) is 17.9 Å². The Bertz CT molecular complexity index is 126. The monoisotopic (exact) mass is 171 g/mol. The van der Waals surface area contributed by atoms with Gasteiger partial charge in [-0.15, -0.1) is 0 Å². The molecule has 0 rings (SSSR count). The van der Waals surface area contributed by atoms with E-state index in [1.54, 1.807) is 0 Å². The number of aldehydes is 1. The molecular weight excluding hydrogens is 150 g/mol. The van der Waals surface area contributed by atoms with Gasteiger partial charge in [-0.05, 0) is 40.5 Å². The van der Waals surface area contributed by atoms with Crippen LogP contribution < -0.4 is 5.32 Å². The Morgan fingerprint density at radius 1 is 1.42 bits per heavy atom. The lowest BCUT2D eigenvalue weighted by molar-refractivity contribution is -0.107. The molecule has 0 spiro atoms. The standard InChI is InChI=1S/C10H21NO/c1-9(7-5-6-8-12)11-10(2,3)4/h8-9,11H,5-7H2,1-4H3. The summed E-state index contributed by atoms with van der Waals surface area (Å²) in [6.45, 7) is 8.63. The van der Waals surface area contributed by atoms with Crippen molar-refractivity contribution in [3.05, 3.63) is 0 Å². The highest BCUT2D eigenvalue weighted by Crippen LogP contribution is 2.05. The number of hydrogen-bond donors (Lipinski definition) is 1. The molecule has 0 bridgehead atoms. The van der Waals surface area contributed by atoms with E-state index in [0.717, 1.165) is 19.1 Å². The molecule has 2 heteroatoms. The first-order valence-corrected chi connectivity index (χ1v) is 4.67. The van der Waals surface area contributed by atoms with Crippen LogP contribution in [0.2, 0.25) is 0 Å². The lowest BCUT2D eigenvalue weighted by Gasteiger charge is -2.25. The minimum absolute atomic E-state index is 0.181. The smallest absolute Gasteiger partial charge is 0.119 e. The molecule has 0 aromatic rings. The summed E-state index contributed by atoms with van der Waals surface area (Å²) in [4.78, 5) is 10.1. The maximum atomic E-state index is 10.1. The second-order valence-corrected chi connectivity index (χ2v) is 4.39. The molecule has 0 amide bonds. The molecule has 0 radical (unpaired) electrons. The molecule has 0 aromatic heterocycles. The number of unbranched alkanes of at least 4 members (excludes halogenated alkanes) is 1. The molecule has 0 heterocycles. The molecule has 0 aliphatic rings. The molecule has 72 valence electrons. The SMILES string of the molecule is CC(CCCC=O)NC(C)(C)C. The first kappa shape index (κ1) is 11.6. The van der Waals surface area contributed by atoms with Crippen LogP contribution in [0.15, 0.2) is 0 Å². The molecule has 0 saturated heterocycles. The maximum absolute atomic E-state index is 10.1. The van der Waals surface area contributed by atoms with Gasteiger partial charge in [0.25, 0.3) is 0 Å².